The first kappa shape index (κ1) is 23.4. The minimum Gasteiger partial charge on any atom is -0.497 e. The number of anilines is 2. The van der Waals surface area contributed by atoms with Gasteiger partial charge in [-0.15, -0.1) is 0 Å². The third kappa shape index (κ3) is 4.87. The van der Waals surface area contributed by atoms with E-state index in [0.717, 1.165) is 23.6 Å². The van der Waals surface area contributed by atoms with Crippen molar-refractivity contribution in [2.75, 3.05) is 50.2 Å². The van der Waals surface area contributed by atoms with Crippen LogP contribution in [0.1, 0.15) is 12.5 Å². The van der Waals surface area contributed by atoms with E-state index in [0.29, 0.717) is 26.2 Å². The molecule has 3 aromatic rings. The lowest BCUT2D eigenvalue weighted by molar-refractivity contribution is -0.137. The zero-order chi connectivity index (χ0) is 27.0. The standard InChI is InChI=1S/C27H26F4N4O2/c1-36-21-7-4-6-20(16-21)33-11-13-34(14-12-33)26-32-25-18(5-3-8-22(25)28)17-35(26)23-15-19(27(29,30)31)9-10-24(23)37-2/h3-10,15-16H,11-14,17H2,1-2H3/i17D. The predicted molar refractivity (Wildman–Crippen MR) is 134 cm³/mol. The van der Waals surface area contributed by atoms with E-state index in [9.17, 15) is 17.6 Å². The summed E-state index contributed by atoms with van der Waals surface area (Å²) < 4.78 is 75.5. The van der Waals surface area contributed by atoms with Gasteiger partial charge in [0.25, 0.3) is 0 Å². The van der Waals surface area contributed by atoms with Crippen LogP contribution >= 0.6 is 0 Å². The van der Waals surface area contributed by atoms with E-state index in [-0.39, 0.29) is 28.6 Å². The van der Waals surface area contributed by atoms with Crippen LogP contribution in [0.15, 0.2) is 65.7 Å². The molecule has 1 fully saturated rings. The van der Waals surface area contributed by atoms with E-state index < -0.39 is 24.1 Å². The van der Waals surface area contributed by atoms with Crippen LogP contribution in [-0.2, 0) is 12.7 Å². The van der Waals surface area contributed by atoms with Crippen molar-refractivity contribution >= 4 is 23.0 Å². The summed E-state index contributed by atoms with van der Waals surface area (Å²) in [6.07, 6.45) is -4.60. The molecule has 0 spiro atoms. The van der Waals surface area contributed by atoms with E-state index in [2.05, 4.69) is 9.89 Å². The summed E-state index contributed by atoms with van der Waals surface area (Å²) in [6, 6.07) is 15.1. The van der Waals surface area contributed by atoms with Gasteiger partial charge >= 0.3 is 6.18 Å². The van der Waals surface area contributed by atoms with Crippen LogP contribution in [0.5, 0.6) is 11.5 Å². The highest BCUT2D eigenvalue weighted by atomic mass is 19.4. The summed E-state index contributed by atoms with van der Waals surface area (Å²) in [5, 5.41) is 0. The van der Waals surface area contributed by atoms with Gasteiger partial charge in [0, 0.05) is 43.5 Å². The normalized spacial score (nSPS) is 18.2. The number of rotatable bonds is 4. The summed E-state index contributed by atoms with van der Waals surface area (Å²) in [4.78, 5) is 9.98. The number of aliphatic imine (C=N–C) groups is 1. The van der Waals surface area contributed by atoms with Crippen LogP contribution in [0.25, 0.3) is 0 Å². The Morgan fingerprint density at radius 1 is 0.892 bits per heavy atom. The molecule has 194 valence electrons. The van der Waals surface area contributed by atoms with Crippen LogP contribution in [0, 0.1) is 5.82 Å². The van der Waals surface area contributed by atoms with Crippen molar-refractivity contribution in [1.29, 1.82) is 0 Å². The molecule has 0 amide bonds. The van der Waals surface area contributed by atoms with Gasteiger partial charge in [-0.25, -0.2) is 9.38 Å². The molecule has 10 heteroatoms. The fourth-order valence-corrected chi connectivity index (χ4v) is 4.53. The maximum absolute atomic E-state index is 14.8. The average Bonchev–Trinajstić information content (AvgIpc) is 2.93. The number of halogens is 4. The molecule has 0 radical (unpaired) electrons. The van der Waals surface area contributed by atoms with Crippen molar-refractivity contribution in [2.45, 2.75) is 12.7 Å². The molecule has 2 heterocycles. The van der Waals surface area contributed by atoms with Crippen molar-refractivity contribution in [1.82, 2.24) is 4.90 Å². The number of nitrogens with zero attached hydrogens (tertiary/aromatic N) is 4. The van der Waals surface area contributed by atoms with E-state index in [4.69, 9.17) is 10.8 Å². The fraction of sp³-hybridized carbons (Fsp3) is 0.296. The number of piperazine rings is 1. The second-order valence-electron chi connectivity index (χ2n) is 8.65. The molecular formula is C27H26F4N4O2. The summed E-state index contributed by atoms with van der Waals surface area (Å²) in [7, 11) is 2.95. The van der Waals surface area contributed by atoms with Crippen molar-refractivity contribution < 1.29 is 28.4 Å². The topological polar surface area (TPSA) is 40.5 Å². The zero-order valence-corrected chi connectivity index (χ0v) is 20.3. The molecule has 0 aliphatic carbocycles. The van der Waals surface area contributed by atoms with E-state index in [1.807, 2.05) is 29.2 Å². The number of alkyl halides is 3. The lowest BCUT2D eigenvalue weighted by Gasteiger charge is -2.42. The number of ether oxygens (including phenoxy) is 2. The first-order chi connectivity index (χ1) is 18.2. The van der Waals surface area contributed by atoms with Crippen LogP contribution in [0.2, 0.25) is 0 Å². The van der Waals surface area contributed by atoms with Crippen molar-refractivity contribution in [3.05, 3.63) is 77.6 Å². The molecule has 1 saturated heterocycles. The average molecular weight is 516 g/mol. The molecule has 5 rings (SSSR count). The fourth-order valence-electron chi connectivity index (χ4n) is 4.53. The maximum atomic E-state index is 14.8. The Hall–Kier alpha value is -3.95. The number of hydrogen-bond donors (Lipinski definition) is 0. The van der Waals surface area contributed by atoms with Crippen LogP contribution in [-0.4, -0.2) is 51.3 Å². The Morgan fingerprint density at radius 2 is 1.62 bits per heavy atom. The van der Waals surface area contributed by atoms with Gasteiger partial charge in [0.2, 0.25) is 5.96 Å². The molecule has 0 aromatic heterocycles. The molecule has 0 N–H and O–H groups in total. The van der Waals surface area contributed by atoms with Gasteiger partial charge in [0.15, 0.2) is 0 Å². The minimum atomic E-state index is -4.60. The molecule has 1 atom stereocenters. The smallest absolute Gasteiger partial charge is 0.416 e. The number of benzene rings is 3. The maximum Gasteiger partial charge on any atom is 0.416 e. The Kier molecular flexibility index (Phi) is 6.23. The number of hydrogen-bond acceptors (Lipinski definition) is 6. The van der Waals surface area contributed by atoms with Gasteiger partial charge < -0.3 is 24.2 Å². The van der Waals surface area contributed by atoms with Crippen molar-refractivity contribution in [3.8, 4) is 11.5 Å². The molecule has 2 aliphatic heterocycles. The van der Waals surface area contributed by atoms with E-state index in [1.165, 1.54) is 30.2 Å². The molecule has 0 saturated carbocycles. The van der Waals surface area contributed by atoms with E-state index >= 15 is 0 Å². The Balaban J connectivity index is 1.54. The van der Waals surface area contributed by atoms with E-state index in [1.54, 1.807) is 13.2 Å². The predicted octanol–water partition coefficient (Wildman–Crippen LogP) is 5.69. The molecule has 0 bridgehead atoms. The second-order valence-corrected chi connectivity index (χ2v) is 8.65. The number of guanidine groups is 1. The Bertz CT molecular complexity index is 1360. The minimum absolute atomic E-state index is 0.0138. The van der Waals surface area contributed by atoms with Gasteiger partial charge in [-0.05, 0) is 36.4 Å². The van der Waals surface area contributed by atoms with Crippen molar-refractivity contribution in [3.63, 3.8) is 0 Å². The van der Waals surface area contributed by atoms with Gasteiger partial charge in [0.1, 0.15) is 23.0 Å². The Labute approximate surface area is 213 Å². The third-order valence-electron chi connectivity index (χ3n) is 6.46. The van der Waals surface area contributed by atoms with Gasteiger partial charge in [-0.2, -0.15) is 13.2 Å². The largest absolute Gasteiger partial charge is 0.497 e. The van der Waals surface area contributed by atoms with Gasteiger partial charge in [0.05, 0.1) is 33.4 Å². The molecule has 1 unspecified atom stereocenters. The monoisotopic (exact) mass is 515 g/mol. The summed E-state index contributed by atoms with van der Waals surface area (Å²) in [5.41, 5.74) is 0.392. The number of fused-ring (bicyclic) bond motifs is 1. The SMILES string of the molecule is [2H]C1c2cccc(F)c2N=C(N2CCN(c3cccc(OC)c3)CC2)N1c1cc(C(F)(F)F)ccc1OC. The summed E-state index contributed by atoms with van der Waals surface area (Å²) in [5.74, 6) is 0.486. The highest BCUT2D eigenvalue weighted by Crippen LogP contribution is 2.40. The van der Waals surface area contributed by atoms with Crippen LogP contribution in [0.4, 0.5) is 34.6 Å². The summed E-state index contributed by atoms with van der Waals surface area (Å²) in [6.45, 7) is 0.801. The Morgan fingerprint density at radius 3 is 2.32 bits per heavy atom. The quantitative estimate of drug-likeness (QED) is 0.418. The number of para-hydroxylation sites is 1. The molecule has 3 aromatic carbocycles. The van der Waals surface area contributed by atoms with Crippen LogP contribution in [0.3, 0.4) is 0 Å². The first-order valence-electron chi connectivity index (χ1n) is 12.3. The highest BCUT2D eigenvalue weighted by Gasteiger charge is 2.35. The highest BCUT2D eigenvalue weighted by molar-refractivity contribution is 6.00. The van der Waals surface area contributed by atoms with Gasteiger partial charge in [-0.3, -0.25) is 0 Å². The second kappa shape index (κ2) is 9.84. The molecular weight excluding hydrogens is 488 g/mol. The lowest BCUT2D eigenvalue weighted by Crippen LogP contribution is -2.54. The van der Waals surface area contributed by atoms with Crippen LogP contribution < -0.4 is 19.3 Å². The molecule has 6 nitrogen and oxygen atoms in total. The molecule has 2 aliphatic rings. The molecule has 37 heavy (non-hydrogen) atoms. The third-order valence-corrected chi connectivity index (χ3v) is 6.46. The lowest BCUT2D eigenvalue weighted by atomic mass is 10.1. The first-order valence-corrected chi connectivity index (χ1v) is 11.7. The van der Waals surface area contributed by atoms with Gasteiger partial charge in [-0.1, -0.05) is 18.2 Å². The zero-order valence-electron chi connectivity index (χ0n) is 21.3. The van der Waals surface area contributed by atoms with Crippen molar-refractivity contribution in [2.24, 2.45) is 4.99 Å². The number of methoxy groups -OCH3 is 2. The summed E-state index contributed by atoms with van der Waals surface area (Å²) >= 11 is 0.